The zero-order chi connectivity index (χ0) is 31.5. The molecule has 3 N–H and O–H groups in total. The molecule has 13 nitrogen and oxygen atoms in total. The number of hydrogen-bond donors (Lipinski definition) is 3. The molecule has 2 aromatic carbocycles. The lowest BCUT2D eigenvalue weighted by Crippen LogP contribution is -2.45. The first-order chi connectivity index (χ1) is 20.6. The van der Waals surface area contributed by atoms with E-state index in [0.29, 0.717) is 21.3 Å². The molecule has 0 radical (unpaired) electrons. The van der Waals surface area contributed by atoms with E-state index >= 15 is 0 Å². The lowest BCUT2D eigenvalue weighted by atomic mass is 9.95. The largest absolute Gasteiger partial charge is 0.493 e. The zero-order valence-corrected chi connectivity index (χ0v) is 26.1. The standard InChI is InChI=1S/C28H30BrClN4O9/c1-5-40-23(36)14-43-26-18(29)9-16(10-19(26)30)12-31-34-22(35)13-42-20-8-7-17(11-21(20)39-4)25-24(27(37)41-6-2)15(3)32-28(38)33-25/h7-12,25H,5-6,13-14H2,1-4H3,(H,34,35)(H2,32,33,38)/b31-12-/t25-/m0/s1. The average Bonchev–Trinajstić information content (AvgIpc) is 2.95. The van der Waals surface area contributed by atoms with Crippen LogP contribution in [0.1, 0.15) is 37.9 Å². The van der Waals surface area contributed by atoms with Crippen molar-refractivity contribution in [3.63, 3.8) is 0 Å². The molecule has 0 aromatic heterocycles. The van der Waals surface area contributed by atoms with Gasteiger partial charge in [-0.1, -0.05) is 17.7 Å². The van der Waals surface area contributed by atoms with Gasteiger partial charge in [-0.2, -0.15) is 5.10 Å². The van der Waals surface area contributed by atoms with Gasteiger partial charge in [-0.15, -0.1) is 0 Å². The van der Waals surface area contributed by atoms with Gasteiger partial charge < -0.3 is 34.3 Å². The average molecular weight is 682 g/mol. The van der Waals surface area contributed by atoms with Crippen LogP contribution in [0.2, 0.25) is 5.02 Å². The number of hydrazone groups is 1. The molecule has 2 aromatic rings. The number of rotatable bonds is 13. The van der Waals surface area contributed by atoms with E-state index in [9.17, 15) is 19.2 Å². The lowest BCUT2D eigenvalue weighted by molar-refractivity contribution is -0.145. The fourth-order valence-electron chi connectivity index (χ4n) is 3.89. The topological polar surface area (TPSA) is 163 Å². The van der Waals surface area contributed by atoms with Crippen molar-refractivity contribution in [1.82, 2.24) is 16.1 Å². The van der Waals surface area contributed by atoms with Crippen LogP contribution in [0.5, 0.6) is 17.2 Å². The zero-order valence-electron chi connectivity index (χ0n) is 23.7. The number of ether oxygens (including phenoxy) is 5. The number of amides is 3. The molecule has 0 spiro atoms. The molecular formula is C28H30BrClN4O9. The second-order valence-corrected chi connectivity index (χ2v) is 9.95. The lowest BCUT2D eigenvalue weighted by Gasteiger charge is -2.28. The van der Waals surface area contributed by atoms with E-state index in [-0.39, 0.29) is 47.7 Å². The summed E-state index contributed by atoms with van der Waals surface area (Å²) in [5, 5.41) is 9.42. The van der Waals surface area contributed by atoms with Gasteiger partial charge in [0.1, 0.15) is 0 Å². The van der Waals surface area contributed by atoms with Gasteiger partial charge in [0, 0.05) is 5.70 Å². The summed E-state index contributed by atoms with van der Waals surface area (Å²) in [7, 11) is 1.42. The SMILES string of the molecule is CCOC(=O)COc1c(Cl)cc(/C=N\NC(=O)COc2ccc([C@@H]3NC(=O)NC(C)=C3C(=O)OCC)cc2OC)cc1Br. The van der Waals surface area contributed by atoms with Gasteiger partial charge in [0.2, 0.25) is 0 Å². The Hall–Kier alpha value is -4.30. The first-order valence-electron chi connectivity index (χ1n) is 12.9. The fourth-order valence-corrected chi connectivity index (χ4v) is 4.88. The minimum atomic E-state index is -0.792. The number of hydrogen-bond acceptors (Lipinski definition) is 10. The number of methoxy groups -OCH3 is 1. The van der Waals surface area contributed by atoms with Crippen molar-refractivity contribution in [3.05, 3.63) is 62.2 Å². The molecule has 0 aliphatic carbocycles. The highest BCUT2D eigenvalue weighted by molar-refractivity contribution is 9.10. The molecule has 0 unspecified atom stereocenters. The molecule has 230 valence electrons. The molecular weight excluding hydrogens is 652 g/mol. The van der Waals surface area contributed by atoms with Gasteiger partial charge in [0.05, 0.1) is 47.6 Å². The number of carbonyl (C=O) groups is 4. The predicted molar refractivity (Wildman–Crippen MR) is 159 cm³/mol. The number of carbonyl (C=O) groups excluding carboxylic acids is 4. The molecule has 1 aliphatic heterocycles. The van der Waals surface area contributed by atoms with Crippen molar-refractivity contribution < 1.29 is 42.9 Å². The molecule has 0 fully saturated rings. The predicted octanol–water partition coefficient (Wildman–Crippen LogP) is 3.77. The summed E-state index contributed by atoms with van der Waals surface area (Å²) in [6.07, 6.45) is 1.36. The number of nitrogens with one attached hydrogen (secondary N) is 3. The molecule has 0 bridgehead atoms. The van der Waals surface area contributed by atoms with Crippen LogP contribution in [0.3, 0.4) is 0 Å². The summed E-state index contributed by atoms with van der Waals surface area (Å²) < 4.78 is 26.9. The van der Waals surface area contributed by atoms with E-state index in [1.807, 2.05) is 0 Å². The molecule has 43 heavy (non-hydrogen) atoms. The molecule has 15 heteroatoms. The third kappa shape index (κ3) is 9.09. The van der Waals surface area contributed by atoms with Crippen LogP contribution in [-0.2, 0) is 23.9 Å². The minimum Gasteiger partial charge on any atom is -0.493 e. The van der Waals surface area contributed by atoms with Crippen LogP contribution in [-0.4, -0.2) is 63.6 Å². The van der Waals surface area contributed by atoms with Gasteiger partial charge in [-0.25, -0.2) is 19.8 Å². The van der Waals surface area contributed by atoms with Crippen molar-refractivity contribution in [2.24, 2.45) is 5.10 Å². The Bertz CT molecular complexity index is 1420. The Morgan fingerprint density at radius 3 is 2.49 bits per heavy atom. The van der Waals surface area contributed by atoms with Crippen LogP contribution >= 0.6 is 27.5 Å². The summed E-state index contributed by atoms with van der Waals surface area (Å²) >= 11 is 9.59. The second kappa shape index (κ2) is 15.8. The number of nitrogens with zero attached hydrogens (tertiary/aromatic N) is 1. The van der Waals surface area contributed by atoms with E-state index in [1.165, 1.54) is 13.3 Å². The third-order valence-electron chi connectivity index (χ3n) is 5.71. The van der Waals surface area contributed by atoms with E-state index in [4.69, 9.17) is 35.3 Å². The van der Waals surface area contributed by atoms with E-state index in [2.05, 4.69) is 37.1 Å². The molecule has 1 atom stereocenters. The number of urea groups is 1. The monoisotopic (exact) mass is 680 g/mol. The third-order valence-corrected chi connectivity index (χ3v) is 6.58. The number of benzene rings is 2. The van der Waals surface area contributed by atoms with Crippen LogP contribution in [0.4, 0.5) is 4.79 Å². The Labute approximate surface area is 261 Å². The summed E-state index contributed by atoms with van der Waals surface area (Å²) in [6.45, 7) is 4.70. The maximum absolute atomic E-state index is 12.6. The molecule has 1 aliphatic rings. The maximum Gasteiger partial charge on any atom is 0.344 e. The normalized spacial score (nSPS) is 14.5. The minimum absolute atomic E-state index is 0.170. The van der Waals surface area contributed by atoms with Gasteiger partial charge >= 0.3 is 18.0 Å². The van der Waals surface area contributed by atoms with Gasteiger partial charge in [0.15, 0.2) is 30.5 Å². The van der Waals surface area contributed by atoms with E-state index in [0.717, 1.165) is 0 Å². The van der Waals surface area contributed by atoms with Crippen molar-refractivity contribution >= 4 is 57.6 Å². The second-order valence-electron chi connectivity index (χ2n) is 8.69. The van der Waals surface area contributed by atoms with Crippen molar-refractivity contribution in [2.75, 3.05) is 33.5 Å². The maximum atomic E-state index is 12.6. The summed E-state index contributed by atoms with van der Waals surface area (Å²) in [4.78, 5) is 48.6. The van der Waals surface area contributed by atoms with Crippen molar-refractivity contribution in [3.8, 4) is 17.2 Å². The molecule has 3 amide bonds. The van der Waals surface area contributed by atoms with E-state index in [1.54, 1.807) is 51.1 Å². The molecule has 3 rings (SSSR count). The molecule has 0 saturated heterocycles. The Morgan fingerprint density at radius 2 is 1.81 bits per heavy atom. The number of allylic oxidation sites excluding steroid dienone is 1. The highest BCUT2D eigenvalue weighted by Gasteiger charge is 2.32. The van der Waals surface area contributed by atoms with Gasteiger partial charge in [-0.05, 0) is 72.1 Å². The molecule has 0 saturated carbocycles. The highest BCUT2D eigenvalue weighted by Crippen LogP contribution is 2.35. The fraction of sp³-hybridized carbons (Fsp3) is 0.321. The van der Waals surface area contributed by atoms with E-state index < -0.39 is 36.5 Å². The number of halogens is 2. The Kier molecular flexibility index (Phi) is 12.2. The van der Waals surface area contributed by atoms with Crippen LogP contribution < -0.4 is 30.3 Å². The van der Waals surface area contributed by atoms with Crippen LogP contribution in [0.25, 0.3) is 0 Å². The first-order valence-corrected chi connectivity index (χ1v) is 14.1. The molecule has 1 heterocycles. The summed E-state index contributed by atoms with van der Waals surface area (Å²) in [6, 6.07) is 6.70. The quantitative estimate of drug-likeness (QED) is 0.162. The summed E-state index contributed by atoms with van der Waals surface area (Å²) in [5.74, 6) is -0.877. The summed E-state index contributed by atoms with van der Waals surface area (Å²) in [5.41, 5.74) is 4.05. The van der Waals surface area contributed by atoms with Gasteiger partial charge in [0.25, 0.3) is 5.91 Å². The number of esters is 2. The van der Waals surface area contributed by atoms with Gasteiger partial charge in [-0.3, -0.25) is 4.79 Å². The van der Waals surface area contributed by atoms with Crippen molar-refractivity contribution in [1.29, 1.82) is 0 Å². The van der Waals surface area contributed by atoms with Crippen LogP contribution in [0, 0.1) is 0 Å². The Balaban J connectivity index is 1.62. The highest BCUT2D eigenvalue weighted by atomic mass is 79.9. The smallest absolute Gasteiger partial charge is 0.344 e. The Morgan fingerprint density at radius 1 is 1.07 bits per heavy atom. The first kappa shape index (κ1) is 33.2. The van der Waals surface area contributed by atoms with Crippen molar-refractivity contribution in [2.45, 2.75) is 26.8 Å². The van der Waals surface area contributed by atoms with Crippen LogP contribution in [0.15, 0.2) is 51.2 Å².